The molecule has 0 unspecified atom stereocenters. The van der Waals surface area contributed by atoms with Gasteiger partial charge >= 0.3 is 11.9 Å². The van der Waals surface area contributed by atoms with Crippen LogP contribution in [0.5, 0.6) is 0 Å². The molecule has 46 heavy (non-hydrogen) atoms. The summed E-state index contributed by atoms with van der Waals surface area (Å²) < 4.78 is 10.9. The van der Waals surface area contributed by atoms with E-state index >= 15 is 0 Å². The maximum atomic E-state index is 13.7. The molecular formula is C34H50ClN3O8. The van der Waals surface area contributed by atoms with Gasteiger partial charge in [0.25, 0.3) is 5.91 Å². The van der Waals surface area contributed by atoms with Crippen molar-refractivity contribution >= 4 is 41.3 Å². The Morgan fingerprint density at radius 2 is 1.74 bits per heavy atom. The Bertz CT molecular complexity index is 1210. The van der Waals surface area contributed by atoms with Crippen LogP contribution < -0.4 is 10.2 Å². The lowest BCUT2D eigenvalue weighted by Gasteiger charge is -2.29. The van der Waals surface area contributed by atoms with E-state index in [9.17, 15) is 29.1 Å². The minimum atomic E-state index is -1.34. The topological polar surface area (TPSA) is 151 Å². The fourth-order valence-corrected chi connectivity index (χ4v) is 5.68. The number of carbonyl (C=O) groups excluding carboxylic acids is 5. The molecule has 2 amide bonds. The number of aliphatic hydroxyl groups is 1. The van der Waals surface area contributed by atoms with Crippen molar-refractivity contribution in [2.75, 3.05) is 6.54 Å². The first kappa shape index (κ1) is 38.9. The molecule has 1 aliphatic rings. The molecule has 0 aliphatic carbocycles. The Kier molecular flexibility index (Phi) is 15.9. The van der Waals surface area contributed by atoms with E-state index in [0.29, 0.717) is 25.8 Å². The smallest absolute Gasteiger partial charge is 0.329 e. The Balaban J connectivity index is 2.10. The predicted octanol–water partition coefficient (Wildman–Crippen LogP) is 3.85. The molecule has 6 atom stereocenters. The van der Waals surface area contributed by atoms with Crippen molar-refractivity contribution in [2.24, 2.45) is 17.8 Å². The third-order valence-corrected chi connectivity index (χ3v) is 8.46. The monoisotopic (exact) mass is 663 g/mol. The molecule has 256 valence electrons. The van der Waals surface area contributed by atoms with Crippen LogP contribution in [0.1, 0.15) is 79.2 Å². The zero-order valence-electron chi connectivity index (χ0n) is 27.8. The standard InChI is InChI=1S/C34H50ClN3O8/c1-8-22(6)29(37-35)27(39)18-28(40)46-31(21(4)5)30(41)23(7)32(42)36-25(17-20(2)3)33(43)38-16-12-15-26(38)34(44)45-19-24-13-10-9-11-14-24/h9-11,13-14,20-22,25-27,29,31,37,39H,7-8,12,15-19H2,1-6H3,(H,36,42)/t22-,25-,26-,27-,29+,31-/m0/s1. The van der Waals surface area contributed by atoms with Gasteiger partial charge in [-0.1, -0.05) is 84.9 Å². The summed E-state index contributed by atoms with van der Waals surface area (Å²) in [5.41, 5.74) is 0.345. The number of esters is 2. The second kappa shape index (κ2) is 18.8. The number of nitrogens with one attached hydrogen (secondary N) is 2. The molecule has 1 fully saturated rings. The molecule has 0 saturated carbocycles. The number of hydrogen-bond donors (Lipinski definition) is 3. The molecule has 11 nitrogen and oxygen atoms in total. The molecule has 2 rings (SSSR count). The van der Waals surface area contributed by atoms with Gasteiger partial charge in [0.15, 0.2) is 6.10 Å². The molecule has 1 saturated heterocycles. The number of carbonyl (C=O) groups is 5. The summed E-state index contributed by atoms with van der Waals surface area (Å²) in [6, 6.07) is 6.82. The molecule has 1 aliphatic heterocycles. The Morgan fingerprint density at radius 3 is 2.30 bits per heavy atom. The maximum Gasteiger partial charge on any atom is 0.329 e. The van der Waals surface area contributed by atoms with Gasteiger partial charge in [-0.2, -0.15) is 0 Å². The van der Waals surface area contributed by atoms with Crippen molar-refractivity contribution in [2.45, 2.75) is 111 Å². The molecule has 0 bridgehead atoms. The van der Waals surface area contributed by atoms with Crippen LogP contribution >= 0.6 is 11.8 Å². The summed E-state index contributed by atoms with van der Waals surface area (Å²) in [4.78, 5) is 70.0. The molecule has 0 radical (unpaired) electrons. The molecule has 1 heterocycles. The van der Waals surface area contributed by atoms with Crippen molar-refractivity contribution in [3.05, 3.63) is 48.0 Å². The van der Waals surface area contributed by atoms with Crippen molar-refractivity contribution in [1.29, 1.82) is 0 Å². The van der Waals surface area contributed by atoms with E-state index in [0.717, 1.165) is 5.56 Å². The van der Waals surface area contributed by atoms with Crippen LogP contribution in [0.4, 0.5) is 0 Å². The van der Waals surface area contributed by atoms with Crippen LogP contribution in [-0.2, 0) is 40.1 Å². The number of ether oxygens (including phenoxy) is 2. The number of benzene rings is 1. The van der Waals surface area contributed by atoms with Crippen LogP contribution in [0.2, 0.25) is 0 Å². The summed E-state index contributed by atoms with van der Waals surface area (Å²) in [5, 5.41) is 13.2. The van der Waals surface area contributed by atoms with Gasteiger partial charge in [-0.3, -0.25) is 19.2 Å². The maximum absolute atomic E-state index is 13.7. The van der Waals surface area contributed by atoms with Crippen molar-refractivity contribution in [3.8, 4) is 0 Å². The van der Waals surface area contributed by atoms with E-state index in [2.05, 4.69) is 16.7 Å². The highest BCUT2D eigenvalue weighted by molar-refractivity contribution is 6.21. The van der Waals surface area contributed by atoms with Crippen molar-refractivity contribution in [1.82, 2.24) is 15.1 Å². The van der Waals surface area contributed by atoms with E-state index in [1.165, 1.54) is 4.90 Å². The SMILES string of the molecule is C=C(C(=O)N[C@@H](CC(C)C)C(=O)N1CCC[C@H]1C(=O)OCc1ccccc1)C(=O)[C@@H](OC(=O)C[C@H](O)[C@H](NCl)[C@@H](C)CC)C(C)C. The van der Waals surface area contributed by atoms with Crippen LogP contribution in [0.15, 0.2) is 42.5 Å². The molecule has 12 heteroatoms. The first-order valence-electron chi connectivity index (χ1n) is 16.0. The van der Waals surface area contributed by atoms with Crippen molar-refractivity contribution < 1.29 is 38.6 Å². The number of Topliss-reactive ketones (excluding diaryl/α,β-unsaturated/α-hetero) is 1. The molecule has 0 spiro atoms. The number of aliphatic hydroxyl groups excluding tert-OH is 1. The summed E-state index contributed by atoms with van der Waals surface area (Å²) in [6.07, 6.45) is -0.940. The third-order valence-electron chi connectivity index (χ3n) is 8.21. The minimum Gasteiger partial charge on any atom is -0.459 e. The highest BCUT2D eigenvalue weighted by atomic mass is 35.5. The summed E-state index contributed by atoms with van der Waals surface area (Å²) in [5.74, 6) is -4.07. The fraction of sp³-hybridized carbons (Fsp3) is 0.618. The Labute approximate surface area is 277 Å². The zero-order chi connectivity index (χ0) is 34.6. The quantitative estimate of drug-likeness (QED) is 0.0699. The number of rotatable bonds is 18. The lowest BCUT2D eigenvalue weighted by molar-refractivity contribution is -0.159. The number of likely N-dealkylation sites (tertiary alicyclic amines) is 1. The normalized spacial score (nSPS) is 18.0. The lowest BCUT2D eigenvalue weighted by atomic mass is 9.93. The van der Waals surface area contributed by atoms with Crippen LogP contribution in [0.25, 0.3) is 0 Å². The average molecular weight is 664 g/mol. The average Bonchev–Trinajstić information content (AvgIpc) is 3.51. The van der Waals surface area contributed by atoms with Gasteiger partial charge in [-0.05, 0) is 54.4 Å². The second-order valence-electron chi connectivity index (χ2n) is 12.7. The molecular weight excluding hydrogens is 614 g/mol. The van der Waals surface area contributed by atoms with Gasteiger partial charge in [0, 0.05) is 6.54 Å². The molecule has 1 aromatic rings. The first-order valence-corrected chi connectivity index (χ1v) is 16.4. The molecule has 3 N–H and O–H groups in total. The largest absolute Gasteiger partial charge is 0.459 e. The van der Waals surface area contributed by atoms with Crippen LogP contribution in [0, 0.1) is 17.8 Å². The summed E-state index contributed by atoms with van der Waals surface area (Å²) >= 11 is 5.78. The summed E-state index contributed by atoms with van der Waals surface area (Å²) in [6.45, 7) is 14.9. The number of ketones is 1. The Hall–Kier alpha value is -3.28. The van der Waals surface area contributed by atoms with Gasteiger partial charge in [-0.25, -0.2) is 9.63 Å². The van der Waals surface area contributed by atoms with E-state index in [1.807, 2.05) is 58.0 Å². The lowest BCUT2D eigenvalue weighted by Crippen LogP contribution is -2.53. The number of amides is 2. The third kappa shape index (κ3) is 11.2. The van der Waals surface area contributed by atoms with Gasteiger partial charge in [0.2, 0.25) is 11.7 Å². The van der Waals surface area contributed by atoms with Crippen LogP contribution in [0.3, 0.4) is 0 Å². The number of nitrogens with zero attached hydrogens (tertiary/aromatic N) is 1. The van der Waals surface area contributed by atoms with Gasteiger partial charge in [0.1, 0.15) is 18.7 Å². The van der Waals surface area contributed by atoms with Gasteiger partial charge < -0.3 is 24.8 Å². The van der Waals surface area contributed by atoms with Crippen LogP contribution in [-0.4, -0.2) is 76.4 Å². The fourth-order valence-electron chi connectivity index (χ4n) is 5.32. The number of hydrogen-bond acceptors (Lipinski definition) is 9. The van der Waals surface area contributed by atoms with Gasteiger partial charge in [-0.15, -0.1) is 0 Å². The van der Waals surface area contributed by atoms with E-state index < -0.39 is 77.8 Å². The van der Waals surface area contributed by atoms with E-state index in [-0.39, 0.29) is 24.9 Å². The highest BCUT2D eigenvalue weighted by Gasteiger charge is 2.40. The number of halogens is 1. The first-order chi connectivity index (χ1) is 21.7. The molecule has 1 aromatic carbocycles. The summed E-state index contributed by atoms with van der Waals surface area (Å²) in [7, 11) is 0. The predicted molar refractivity (Wildman–Crippen MR) is 174 cm³/mol. The minimum absolute atomic E-state index is 0.0122. The zero-order valence-corrected chi connectivity index (χ0v) is 28.5. The molecule has 0 aromatic heterocycles. The van der Waals surface area contributed by atoms with E-state index in [4.69, 9.17) is 21.3 Å². The highest BCUT2D eigenvalue weighted by Crippen LogP contribution is 2.23. The van der Waals surface area contributed by atoms with E-state index in [1.54, 1.807) is 13.8 Å². The Morgan fingerprint density at radius 1 is 1.09 bits per heavy atom. The second-order valence-corrected chi connectivity index (χ2v) is 12.9. The van der Waals surface area contributed by atoms with Crippen molar-refractivity contribution in [3.63, 3.8) is 0 Å². The van der Waals surface area contributed by atoms with Gasteiger partial charge in [0.05, 0.1) is 24.1 Å².